The molecule has 1 aliphatic heterocycles. The van der Waals surface area contributed by atoms with Crippen molar-refractivity contribution in [2.45, 2.75) is 96.8 Å². The minimum Gasteiger partial charge on any atom is -0.356 e. The van der Waals surface area contributed by atoms with Crippen molar-refractivity contribution in [3.05, 3.63) is 83.0 Å². The second kappa shape index (κ2) is 18.2. The largest absolute Gasteiger partial charge is 0.416 e. The molecule has 0 aliphatic carbocycles. The van der Waals surface area contributed by atoms with Crippen molar-refractivity contribution < 1.29 is 27.6 Å². The summed E-state index contributed by atoms with van der Waals surface area (Å²) in [5, 5.41) is 8.80. The van der Waals surface area contributed by atoms with Crippen LogP contribution >= 0.6 is 0 Å². The molecule has 11 heteroatoms. The molecule has 4 amide bonds. The van der Waals surface area contributed by atoms with E-state index in [-0.39, 0.29) is 24.4 Å². The molecule has 2 heterocycles. The number of aryl methyl sites for hydroxylation is 1. The molecule has 4 rings (SSSR count). The molecule has 0 saturated carbocycles. The van der Waals surface area contributed by atoms with Crippen molar-refractivity contribution in [1.29, 1.82) is 0 Å². The Morgan fingerprint density at radius 3 is 2.35 bits per heavy atom. The van der Waals surface area contributed by atoms with Gasteiger partial charge in [0.15, 0.2) is 0 Å². The summed E-state index contributed by atoms with van der Waals surface area (Å²) >= 11 is 0. The quantitative estimate of drug-likeness (QED) is 0.152. The summed E-state index contributed by atoms with van der Waals surface area (Å²) in [7, 11) is 0. The average Bonchev–Trinajstić information content (AvgIpc) is 3.06. The molecule has 0 radical (unpaired) electrons. The Bertz CT molecular complexity index is 1510. The first-order valence-corrected chi connectivity index (χ1v) is 17.0. The summed E-state index contributed by atoms with van der Waals surface area (Å²) in [4.78, 5) is 43.7. The van der Waals surface area contributed by atoms with Crippen molar-refractivity contribution >= 4 is 23.5 Å². The number of hydrogen-bond acceptors (Lipinski definition) is 4. The number of anilines is 1. The number of pyridine rings is 1. The zero-order valence-corrected chi connectivity index (χ0v) is 27.6. The van der Waals surface area contributed by atoms with Gasteiger partial charge in [-0.25, -0.2) is 4.79 Å². The van der Waals surface area contributed by atoms with Crippen LogP contribution < -0.4 is 16.0 Å². The van der Waals surface area contributed by atoms with Crippen LogP contribution in [0, 0.1) is 0 Å². The van der Waals surface area contributed by atoms with E-state index in [2.05, 4.69) is 22.9 Å². The molecule has 0 bridgehead atoms. The van der Waals surface area contributed by atoms with Crippen LogP contribution in [0.4, 0.5) is 23.7 Å². The number of hydrogen-bond donors (Lipinski definition) is 3. The Labute approximate surface area is 280 Å². The van der Waals surface area contributed by atoms with Gasteiger partial charge in [-0.2, -0.15) is 13.2 Å². The normalized spacial score (nSPS) is 13.2. The van der Waals surface area contributed by atoms with Crippen LogP contribution in [0.1, 0.15) is 93.5 Å². The maximum Gasteiger partial charge on any atom is 0.416 e. The molecule has 3 aromatic rings. The van der Waals surface area contributed by atoms with Gasteiger partial charge in [-0.1, -0.05) is 56.5 Å². The van der Waals surface area contributed by atoms with Gasteiger partial charge in [0, 0.05) is 43.7 Å². The van der Waals surface area contributed by atoms with Crippen LogP contribution in [0.5, 0.6) is 0 Å². The van der Waals surface area contributed by atoms with E-state index in [1.807, 2.05) is 18.2 Å². The average molecular weight is 666 g/mol. The summed E-state index contributed by atoms with van der Waals surface area (Å²) in [5.41, 5.74) is 3.25. The minimum absolute atomic E-state index is 0.0295. The predicted molar refractivity (Wildman–Crippen MR) is 181 cm³/mol. The zero-order valence-electron chi connectivity index (χ0n) is 27.6. The van der Waals surface area contributed by atoms with Crippen LogP contribution in [0.15, 0.2) is 60.7 Å². The molecule has 0 saturated heterocycles. The summed E-state index contributed by atoms with van der Waals surface area (Å²) in [6, 6.07) is 15.7. The van der Waals surface area contributed by atoms with E-state index in [1.54, 1.807) is 29.2 Å². The molecule has 2 aromatic carbocycles. The highest BCUT2D eigenvalue weighted by atomic mass is 19.4. The van der Waals surface area contributed by atoms with Crippen LogP contribution in [0.2, 0.25) is 0 Å². The van der Waals surface area contributed by atoms with Gasteiger partial charge in [-0.3, -0.25) is 14.6 Å². The third-order valence-corrected chi connectivity index (χ3v) is 8.41. The van der Waals surface area contributed by atoms with Gasteiger partial charge in [-0.15, -0.1) is 0 Å². The Balaban J connectivity index is 1.23. The van der Waals surface area contributed by atoms with Gasteiger partial charge in [0.2, 0.25) is 11.8 Å². The smallest absolute Gasteiger partial charge is 0.356 e. The van der Waals surface area contributed by atoms with E-state index in [4.69, 9.17) is 4.98 Å². The fourth-order valence-corrected chi connectivity index (χ4v) is 5.60. The van der Waals surface area contributed by atoms with Gasteiger partial charge >= 0.3 is 12.2 Å². The zero-order chi connectivity index (χ0) is 34.4. The van der Waals surface area contributed by atoms with E-state index >= 15 is 0 Å². The molecule has 8 nitrogen and oxygen atoms in total. The van der Waals surface area contributed by atoms with Crippen molar-refractivity contribution in [2.24, 2.45) is 0 Å². The van der Waals surface area contributed by atoms with E-state index in [0.29, 0.717) is 55.1 Å². The fraction of sp³-hybridized carbons (Fsp3) is 0.459. The molecule has 3 N–H and O–H groups in total. The lowest BCUT2D eigenvalue weighted by molar-refractivity contribution is -0.137. The number of unbranched alkanes of at least 4 members (excludes halogenated alkanes) is 4. The number of carbonyl (C=O) groups is 3. The van der Waals surface area contributed by atoms with Crippen LogP contribution in [0.3, 0.4) is 0 Å². The number of nitrogens with one attached hydrogen (secondary N) is 3. The number of rotatable bonds is 14. The number of amides is 4. The molecular weight excluding hydrogens is 619 g/mol. The van der Waals surface area contributed by atoms with Gasteiger partial charge in [0.25, 0.3) is 0 Å². The van der Waals surface area contributed by atoms with E-state index < -0.39 is 11.7 Å². The molecule has 0 spiro atoms. The van der Waals surface area contributed by atoms with E-state index in [1.165, 1.54) is 6.07 Å². The topological polar surface area (TPSA) is 103 Å². The number of aromatic nitrogens is 1. The van der Waals surface area contributed by atoms with Gasteiger partial charge < -0.3 is 20.9 Å². The second-order valence-electron chi connectivity index (χ2n) is 12.3. The maximum absolute atomic E-state index is 13.3. The van der Waals surface area contributed by atoms with Gasteiger partial charge in [0.05, 0.1) is 23.5 Å². The lowest BCUT2D eigenvalue weighted by Gasteiger charge is -2.26. The standard InChI is InChI=1S/C37H46F3N5O3/c1-2-3-5-14-34(46)41-22-8-4-6-15-35(47)42-25-27-16-19-31(20-17-27)43-36(48)45-23-9-7-11-28-18-21-32(44-33(28)26-45)29-12-10-13-30(24-29)37(38,39)40/h10,12-13,16-21,24H,2-9,11,14-15,22-23,25-26H2,1H3,(H,41,46)(H,42,47)(H,43,48). The van der Waals surface area contributed by atoms with Gasteiger partial charge in [-0.05, 0) is 80.0 Å². The van der Waals surface area contributed by atoms with Crippen molar-refractivity contribution in [3.8, 4) is 11.3 Å². The lowest BCUT2D eigenvalue weighted by Crippen LogP contribution is -2.36. The first-order chi connectivity index (χ1) is 23.1. The lowest BCUT2D eigenvalue weighted by atomic mass is 10.0. The number of fused-ring (bicyclic) bond motifs is 1. The molecule has 258 valence electrons. The van der Waals surface area contributed by atoms with Crippen LogP contribution in [0.25, 0.3) is 11.3 Å². The third-order valence-electron chi connectivity index (χ3n) is 8.41. The fourth-order valence-electron chi connectivity index (χ4n) is 5.60. The Morgan fingerprint density at radius 2 is 1.60 bits per heavy atom. The first-order valence-electron chi connectivity index (χ1n) is 17.0. The monoisotopic (exact) mass is 665 g/mol. The summed E-state index contributed by atoms with van der Waals surface area (Å²) in [5.74, 6) is 0.0685. The third kappa shape index (κ3) is 11.7. The highest BCUT2D eigenvalue weighted by Gasteiger charge is 2.30. The summed E-state index contributed by atoms with van der Waals surface area (Å²) in [6.07, 6.45) is 4.57. The Kier molecular flexibility index (Phi) is 13.8. The molecule has 0 fully saturated rings. The highest BCUT2D eigenvalue weighted by Crippen LogP contribution is 2.32. The number of nitrogens with zero attached hydrogens (tertiary/aromatic N) is 2. The molecule has 0 atom stereocenters. The molecule has 1 aliphatic rings. The predicted octanol–water partition coefficient (Wildman–Crippen LogP) is 8.01. The highest BCUT2D eigenvalue weighted by molar-refractivity contribution is 5.89. The van der Waals surface area contributed by atoms with Crippen LogP contribution in [-0.4, -0.2) is 40.8 Å². The summed E-state index contributed by atoms with van der Waals surface area (Å²) in [6.45, 7) is 3.90. The maximum atomic E-state index is 13.3. The first kappa shape index (κ1) is 36.4. The van der Waals surface area contributed by atoms with Crippen LogP contribution in [-0.2, 0) is 35.3 Å². The van der Waals surface area contributed by atoms with Crippen molar-refractivity contribution in [3.63, 3.8) is 0 Å². The Morgan fingerprint density at radius 1 is 0.854 bits per heavy atom. The number of benzene rings is 2. The number of alkyl halides is 3. The number of carbonyl (C=O) groups excluding carboxylic acids is 3. The molecule has 0 unspecified atom stereocenters. The van der Waals surface area contributed by atoms with Crippen molar-refractivity contribution in [1.82, 2.24) is 20.5 Å². The van der Waals surface area contributed by atoms with Crippen molar-refractivity contribution in [2.75, 3.05) is 18.4 Å². The Hall–Kier alpha value is -4.41. The SMILES string of the molecule is CCCCCC(=O)NCCCCCC(=O)NCc1ccc(NC(=O)N2CCCCc3ccc(-c4cccc(C(F)(F)F)c4)nc3C2)cc1. The number of halogens is 3. The molecule has 1 aromatic heterocycles. The van der Waals surface area contributed by atoms with E-state index in [9.17, 15) is 27.6 Å². The number of urea groups is 1. The minimum atomic E-state index is -4.45. The molecular formula is C37H46F3N5O3. The summed E-state index contributed by atoms with van der Waals surface area (Å²) < 4.78 is 39.9. The van der Waals surface area contributed by atoms with E-state index in [0.717, 1.165) is 81.0 Å². The van der Waals surface area contributed by atoms with Gasteiger partial charge in [0.1, 0.15) is 0 Å². The second-order valence-corrected chi connectivity index (χ2v) is 12.3. The molecule has 48 heavy (non-hydrogen) atoms.